The summed E-state index contributed by atoms with van der Waals surface area (Å²) in [5.41, 5.74) is 0. The zero-order chi connectivity index (χ0) is 17.1. The van der Waals surface area contributed by atoms with Gasteiger partial charge in [0.15, 0.2) is 6.17 Å². The molecule has 1 saturated carbocycles. The highest BCUT2D eigenvalue weighted by molar-refractivity contribution is 4.92. The molecule has 0 spiro atoms. The quantitative estimate of drug-likeness (QED) is 0.726. The van der Waals surface area contributed by atoms with Gasteiger partial charge < -0.3 is 9.47 Å². The molecule has 140 valence electrons. The molecule has 0 radical (unpaired) electrons. The third-order valence-electron chi connectivity index (χ3n) is 6.25. The van der Waals surface area contributed by atoms with Gasteiger partial charge in [0.05, 0.1) is 18.8 Å². The van der Waals surface area contributed by atoms with Crippen molar-refractivity contribution in [3.05, 3.63) is 0 Å². The van der Waals surface area contributed by atoms with Crippen LogP contribution in [0.3, 0.4) is 0 Å². The van der Waals surface area contributed by atoms with Crippen LogP contribution in [-0.4, -0.2) is 43.9 Å². The minimum atomic E-state index is -1.95. The zero-order valence-electron chi connectivity index (χ0n) is 14.6. The topological polar surface area (TPSA) is 18.5 Å². The van der Waals surface area contributed by atoms with E-state index in [4.69, 9.17) is 9.47 Å². The molecule has 6 atom stereocenters. The Balaban J connectivity index is 1.43. The van der Waals surface area contributed by atoms with Gasteiger partial charge in [0.2, 0.25) is 0 Å². The summed E-state index contributed by atoms with van der Waals surface area (Å²) < 4.78 is 52.5. The number of alkyl halides is 3. The lowest BCUT2D eigenvalue weighted by Crippen LogP contribution is -2.45. The van der Waals surface area contributed by atoms with Crippen LogP contribution in [0.4, 0.5) is 13.2 Å². The van der Waals surface area contributed by atoms with E-state index in [1.54, 1.807) is 0 Å². The van der Waals surface area contributed by atoms with Crippen LogP contribution in [-0.2, 0) is 9.47 Å². The van der Waals surface area contributed by atoms with Crippen LogP contribution < -0.4 is 0 Å². The van der Waals surface area contributed by atoms with Gasteiger partial charge in [-0.05, 0) is 56.8 Å². The van der Waals surface area contributed by atoms with Crippen molar-refractivity contribution in [2.24, 2.45) is 17.8 Å². The Morgan fingerprint density at radius 2 is 1.42 bits per heavy atom. The summed E-state index contributed by atoms with van der Waals surface area (Å²) in [4.78, 5) is 0. The number of ether oxygens (including phenoxy) is 2. The largest absolute Gasteiger partial charge is 0.378 e. The monoisotopic (exact) mass is 348 g/mol. The molecule has 2 heterocycles. The summed E-state index contributed by atoms with van der Waals surface area (Å²) in [5, 5.41) is 0. The van der Waals surface area contributed by atoms with Crippen molar-refractivity contribution < 1.29 is 22.6 Å². The molecule has 0 N–H and O–H groups in total. The Bertz CT molecular complexity index is 367. The first-order valence-corrected chi connectivity index (χ1v) is 9.73. The normalized spacial score (nSPS) is 47.5. The molecule has 1 aliphatic carbocycles. The zero-order valence-corrected chi connectivity index (χ0v) is 14.6. The van der Waals surface area contributed by atoms with Gasteiger partial charge in [0.25, 0.3) is 0 Å². The van der Waals surface area contributed by atoms with E-state index in [1.807, 2.05) is 0 Å². The average Bonchev–Trinajstić information content (AvgIpc) is 2.60. The van der Waals surface area contributed by atoms with Crippen molar-refractivity contribution in [3.8, 4) is 0 Å². The summed E-state index contributed by atoms with van der Waals surface area (Å²) in [6.45, 7) is 3.67. The maximum absolute atomic E-state index is 13.6. The lowest BCUT2D eigenvalue weighted by molar-refractivity contribution is -0.126. The predicted molar refractivity (Wildman–Crippen MR) is 87.2 cm³/mol. The SMILES string of the molecule is CCCC1CCC(C2CCC(C3CC(F)C(F)C(F)C3)OC2)OC1. The van der Waals surface area contributed by atoms with E-state index >= 15 is 0 Å². The lowest BCUT2D eigenvalue weighted by atomic mass is 9.78. The van der Waals surface area contributed by atoms with E-state index in [1.165, 1.54) is 19.3 Å². The van der Waals surface area contributed by atoms with Gasteiger partial charge in [-0.2, -0.15) is 0 Å². The van der Waals surface area contributed by atoms with Crippen molar-refractivity contribution in [2.75, 3.05) is 13.2 Å². The van der Waals surface area contributed by atoms with Gasteiger partial charge in [-0.1, -0.05) is 13.3 Å². The predicted octanol–water partition coefficient (Wildman–Crippen LogP) is 4.80. The Labute approximate surface area is 143 Å². The molecule has 3 rings (SSSR count). The fourth-order valence-corrected chi connectivity index (χ4v) is 4.76. The minimum Gasteiger partial charge on any atom is -0.378 e. The number of rotatable bonds is 4. The molecule has 2 saturated heterocycles. The van der Waals surface area contributed by atoms with Crippen LogP contribution in [0.5, 0.6) is 0 Å². The molecule has 5 heteroatoms. The molecule has 0 aromatic rings. The Kier molecular flexibility index (Phi) is 6.47. The molecule has 2 nitrogen and oxygen atoms in total. The minimum absolute atomic E-state index is 0.0928. The Morgan fingerprint density at radius 3 is 1.96 bits per heavy atom. The van der Waals surface area contributed by atoms with E-state index in [0.717, 1.165) is 25.9 Å². The van der Waals surface area contributed by atoms with Gasteiger partial charge >= 0.3 is 0 Å². The van der Waals surface area contributed by atoms with Crippen molar-refractivity contribution in [1.82, 2.24) is 0 Å². The second-order valence-electron chi connectivity index (χ2n) is 8.02. The number of hydrogen-bond acceptors (Lipinski definition) is 2. The van der Waals surface area contributed by atoms with Crippen LogP contribution in [0.1, 0.15) is 58.3 Å². The molecule has 24 heavy (non-hydrogen) atoms. The van der Waals surface area contributed by atoms with Gasteiger partial charge in [0, 0.05) is 12.5 Å². The van der Waals surface area contributed by atoms with Crippen molar-refractivity contribution in [1.29, 1.82) is 0 Å². The standard InChI is InChI=1S/C19H31F3O2/c1-2-3-12-4-6-17(23-10-12)13-5-7-18(24-11-13)14-8-15(20)19(22)16(21)9-14/h12-19H,2-11H2,1H3. The summed E-state index contributed by atoms with van der Waals surface area (Å²) in [7, 11) is 0. The fourth-order valence-electron chi connectivity index (χ4n) is 4.76. The number of hydrogen-bond donors (Lipinski definition) is 0. The summed E-state index contributed by atoms with van der Waals surface area (Å²) in [5.74, 6) is 0.898. The van der Waals surface area contributed by atoms with Gasteiger partial charge in [-0.25, -0.2) is 13.2 Å². The molecule has 0 aromatic heterocycles. The smallest absolute Gasteiger partial charge is 0.162 e. The highest BCUT2D eigenvalue weighted by Crippen LogP contribution is 2.39. The van der Waals surface area contributed by atoms with E-state index in [2.05, 4.69) is 6.92 Å². The maximum Gasteiger partial charge on any atom is 0.162 e. The first kappa shape index (κ1) is 18.5. The summed E-state index contributed by atoms with van der Waals surface area (Å²) >= 11 is 0. The number of halogens is 3. The second kappa shape index (κ2) is 8.39. The van der Waals surface area contributed by atoms with Crippen LogP contribution in [0.2, 0.25) is 0 Å². The van der Waals surface area contributed by atoms with E-state index in [0.29, 0.717) is 18.4 Å². The fraction of sp³-hybridized carbons (Fsp3) is 1.00. The highest BCUT2D eigenvalue weighted by atomic mass is 19.2. The molecule has 0 aromatic carbocycles. The molecule has 0 amide bonds. The van der Waals surface area contributed by atoms with Gasteiger partial charge in [0.1, 0.15) is 12.3 Å². The average molecular weight is 348 g/mol. The Hall–Kier alpha value is -0.290. The third kappa shape index (κ3) is 4.27. The first-order valence-electron chi connectivity index (χ1n) is 9.73. The summed E-state index contributed by atoms with van der Waals surface area (Å²) in [6.07, 6.45) is 1.57. The molecule has 3 fully saturated rings. The molecule has 2 aliphatic heterocycles. The molecule has 0 bridgehead atoms. The van der Waals surface area contributed by atoms with Gasteiger partial charge in [-0.3, -0.25) is 0 Å². The molecular formula is C19H31F3O2. The van der Waals surface area contributed by atoms with Crippen molar-refractivity contribution in [3.63, 3.8) is 0 Å². The van der Waals surface area contributed by atoms with Crippen LogP contribution >= 0.6 is 0 Å². The summed E-state index contributed by atoms with van der Waals surface area (Å²) in [6, 6.07) is 0. The highest BCUT2D eigenvalue weighted by Gasteiger charge is 2.43. The lowest BCUT2D eigenvalue weighted by Gasteiger charge is -2.41. The van der Waals surface area contributed by atoms with Gasteiger partial charge in [-0.15, -0.1) is 0 Å². The maximum atomic E-state index is 13.6. The first-order chi connectivity index (χ1) is 11.6. The third-order valence-corrected chi connectivity index (χ3v) is 6.25. The van der Waals surface area contributed by atoms with Crippen molar-refractivity contribution >= 4 is 0 Å². The molecule has 6 unspecified atom stereocenters. The Morgan fingerprint density at radius 1 is 0.792 bits per heavy atom. The van der Waals surface area contributed by atoms with Crippen LogP contribution in [0.25, 0.3) is 0 Å². The van der Waals surface area contributed by atoms with E-state index in [9.17, 15) is 13.2 Å². The van der Waals surface area contributed by atoms with E-state index in [-0.39, 0.29) is 31.0 Å². The molecular weight excluding hydrogens is 317 g/mol. The van der Waals surface area contributed by atoms with Crippen LogP contribution in [0, 0.1) is 17.8 Å². The van der Waals surface area contributed by atoms with Crippen molar-refractivity contribution in [2.45, 2.75) is 89.0 Å². The second-order valence-corrected chi connectivity index (χ2v) is 8.02. The molecule has 3 aliphatic rings. The van der Waals surface area contributed by atoms with E-state index < -0.39 is 18.5 Å². The van der Waals surface area contributed by atoms with Crippen LogP contribution in [0.15, 0.2) is 0 Å².